The summed E-state index contributed by atoms with van der Waals surface area (Å²) in [5.74, 6) is 2.25. The molecule has 0 bridgehead atoms. The van der Waals surface area contributed by atoms with Crippen LogP contribution in [0.4, 0.5) is 5.69 Å². The Hall–Kier alpha value is -2.73. The molecule has 1 spiro atoms. The van der Waals surface area contributed by atoms with Crippen LogP contribution in [0.25, 0.3) is 5.69 Å². The van der Waals surface area contributed by atoms with E-state index >= 15 is 0 Å². The average Bonchev–Trinajstić information content (AvgIpc) is 3.19. The van der Waals surface area contributed by atoms with Crippen molar-refractivity contribution in [2.75, 3.05) is 5.32 Å². The fraction of sp³-hybridized carbons (Fsp3) is 0.227. The van der Waals surface area contributed by atoms with E-state index < -0.39 is 5.72 Å². The van der Waals surface area contributed by atoms with E-state index in [4.69, 9.17) is 14.6 Å². The fourth-order valence-corrected chi connectivity index (χ4v) is 4.53. The van der Waals surface area contributed by atoms with Crippen LogP contribution in [0, 0.1) is 20.8 Å². The van der Waals surface area contributed by atoms with Gasteiger partial charge in [-0.25, -0.2) is 4.68 Å². The van der Waals surface area contributed by atoms with Gasteiger partial charge in [-0.2, -0.15) is 5.10 Å². The van der Waals surface area contributed by atoms with Crippen LogP contribution < -0.4 is 14.8 Å². The van der Waals surface area contributed by atoms with Gasteiger partial charge in [-0.05, 0) is 73.0 Å². The van der Waals surface area contributed by atoms with Gasteiger partial charge in [0.1, 0.15) is 11.3 Å². The van der Waals surface area contributed by atoms with Crippen molar-refractivity contribution in [2.24, 2.45) is 0 Å². The maximum atomic E-state index is 6.56. The molecule has 0 amide bonds. The first-order chi connectivity index (χ1) is 13.4. The summed E-state index contributed by atoms with van der Waals surface area (Å²) in [6.45, 7) is 8.10. The van der Waals surface area contributed by atoms with Crippen LogP contribution in [-0.2, 0) is 5.72 Å². The Balaban J connectivity index is 1.71. The van der Waals surface area contributed by atoms with Crippen LogP contribution in [0.15, 0.2) is 52.7 Å². The van der Waals surface area contributed by atoms with Crippen LogP contribution in [0.1, 0.15) is 29.3 Å². The van der Waals surface area contributed by atoms with Crippen molar-refractivity contribution >= 4 is 21.6 Å². The molecule has 1 N–H and O–H groups in total. The minimum absolute atomic E-state index is 0.675. The van der Waals surface area contributed by atoms with Gasteiger partial charge in [-0.3, -0.25) is 0 Å². The van der Waals surface area contributed by atoms with Gasteiger partial charge in [0.05, 0.1) is 21.5 Å². The molecule has 5 rings (SSSR count). The number of anilines is 1. The number of aryl methyl sites for hydroxylation is 2. The number of nitrogens with zero attached hydrogens (tertiary/aromatic N) is 2. The zero-order chi connectivity index (χ0) is 19.6. The first kappa shape index (κ1) is 17.4. The molecular formula is C22H20BrN3O2. The van der Waals surface area contributed by atoms with E-state index in [2.05, 4.69) is 41.2 Å². The summed E-state index contributed by atoms with van der Waals surface area (Å²) in [5.41, 5.74) is 5.16. The number of hydrogen-bond donors (Lipinski definition) is 1. The Labute approximate surface area is 172 Å². The molecule has 142 valence electrons. The number of aromatic nitrogens is 2. The molecule has 0 saturated carbocycles. The van der Waals surface area contributed by atoms with Crippen molar-refractivity contribution in [2.45, 2.75) is 33.4 Å². The van der Waals surface area contributed by atoms with Crippen molar-refractivity contribution in [3.8, 4) is 17.3 Å². The Bertz CT molecular complexity index is 1150. The number of benzene rings is 2. The molecule has 2 aromatic carbocycles. The number of nitrogens with one attached hydrogen (secondary N) is 1. The summed E-state index contributed by atoms with van der Waals surface area (Å²) >= 11 is 3.71. The number of halogens is 1. The SMILES string of the molecule is CC1=C[C@@]2(Nc3cc(C)c(C)c(Br)c3O2)c2c(C)nn(-c3ccccc3)c2O1. The second kappa shape index (κ2) is 5.88. The largest absolute Gasteiger partial charge is 0.456 e. The first-order valence-electron chi connectivity index (χ1n) is 9.19. The van der Waals surface area contributed by atoms with E-state index in [1.165, 1.54) is 11.1 Å². The van der Waals surface area contributed by atoms with E-state index in [0.717, 1.165) is 38.6 Å². The van der Waals surface area contributed by atoms with E-state index in [1.807, 2.05) is 54.9 Å². The molecule has 1 atom stereocenters. The summed E-state index contributed by atoms with van der Waals surface area (Å²) < 4.78 is 15.5. The summed E-state index contributed by atoms with van der Waals surface area (Å²) in [4.78, 5) is 0. The molecule has 0 aliphatic carbocycles. The zero-order valence-corrected chi connectivity index (χ0v) is 17.7. The maximum absolute atomic E-state index is 6.56. The molecule has 2 aliphatic rings. The number of para-hydroxylation sites is 1. The number of ether oxygens (including phenoxy) is 2. The quantitative estimate of drug-likeness (QED) is 0.544. The normalized spacial score (nSPS) is 19.4. The smallest absolute Gasteiger partial charge is 0.237 e. The van der Waals surface area contributed by atoms with E-state index in [1.54, 1.807) is 0 Å². The number of fused-ring (bicyclic) bond motifs is 3. The first-order valence-corrected chi connectivity index (χ1v) is 9.98. The summed E-state index contributed by atoms with van der Waals surface area (Å²) in [7, 11) is 0. The molecule has 1 aromatic heterocycles. The van der Waals surface area contributed by atoms with Gasteiger partial charge < -0.3 is 14.8 Å². The molecule has 5 nitrogen and oxygen atoms in total. The average molecular weight is 438 g/mol. The molecule has 0 saturated heterocycles. The molecular weight excluding hydrogens is 418 g/mol. The lowest BCUT2D eigenvalue weighted by Gasteiger charge is -2.31. The standard InChI is InChI=1S/C22H20BrN3O2/c1-12-10-17-20(19(23)14(12)3)28-22(24-17)11-13(2)27-21-18(22)15(4)25-26(21)16-8-6-5-7-9-16/h5-11,24H,1-4H3/t22-/m0/s1. The third-order valence-electron chi connectivity index (χ3n) is 5.36. The Morgan fingerprint density at radius 1 is 1.11 bits per heavy atom. The lowest BCUT2D eigenvalue weighted by atomic mass is 10.00. The monoisotopic (exact) mass is 437 g/mol. The predicted molar refractivity (Wildman–Crippen MR) is 112 cm³/mol. The summed E-state index contributed by atoms with van der Waals surface area (Å²) in [6, 6.07) is 12.1. The van der Waals surface area contributed by atoms with Gasteiger partial charge in [0.15, 0.2) is 5.75 Å². The second-order valence-corrected chi connectivity index (χ2v) is 8.13. The molecule has 3 heterocycles. The van der Waals surface area contributed by atoms with Crippen LogP contribution in [0.2, 0.25) is 0 Å². The highest BCUT2D eigenvalue weighted by Crippen LogP contribution is 2.52. The summed E-state index contributed by atoms with van der Waals surface area (Å²) in [5, 5.41) is 8.35. The lowest BCUT2D eigenvalue weighted by Crippen LogP contribution is -2.38. The molecule has 0 radical (unpaired) electrons. The highest BCUT2D eigenvalue weighted by molar-refractivity contribution is 9.10. The van der Waals surface area contributed by atoms with Gasteiger partial charge in [0, 0.05) is 6.08 Å². The second-order valence-electron chi connectivity index (χ2n) is 7.34. The van der Waals surface area contributed by atoms with Crippen molar-refractivity contribution in [3.63, 3.8) is 0 Å². The highest BCUT2D eigenvalue weighted by atomic mass is 79.9. The predicted octanol–water partition coefficient (Wildman–Crippen LogP) is 5.51. The van der Waals surface area contributed by atoms with Crippen LogP contribution in [-0.4, -0.2) is 9.78 Å². The van der Waals surface area contributed by atoms with E-state index in [0.29, 0.717) is 5.88 Å². The molecule has 6 heteroatoms. The van der Waals surface area contributed by atoms with Crippen molar-refractivity contribution < 1.29 is 9.47 Å². The number of hydrogen-bond acceptors (Lipinski definition) is 4. The Kier molecular flexibility index (Phi) is 3.65. The molecule has 0 fully saturated rings. The zero-order valence-electron chi connectivity index (χ0n) is 16.1. The fourth-order valence-electron chi connectivity index (χ4n) is 3.92. The molecule has 3 aromatic rings. The van der Waals surface area contributed by atoms with Crippen LogP contribution >= 0.6 is 15.9 Å². The Morgan fingerprint density at radius 3 is 2.61 bits per heavy atom. The Morgan fingerprint density at radius 2 is 1.86 bits per heavy atom. The van der Waals surface area contributed by atoms with Crippen molar-refractivity contribution in [3.05, 3.63) is 75.1 Å². The third-order valence-corrected chi connectivity index (χ3v) is 6.32. The molecule has 28 heavy (non-hydrogen) atoms. The van der Waals surface area contributed by atoms with Crippen molar-refractivity contribution in [1.82, 2.24) is 9.78 Å². The minimum Gasteiger partial charge on any atom is -0.456 e. The number of rotatable bonds is 1. The molecule has 2 aliphatic heterocycles. The van der Waals surface area contributed by atoms with Crippen LogP contribution in [0.3, 0.4) is 0 Å². The van der Waals surface area contributed by atoms with Gasteiger partial charge in [-0.15, -0.1) is 0 Å². The number of allylic oxidation sites excluding steroid dienone is 1. The summed E-state index contributed by atoms with van der Waals surface area (Å²) in [6.07, 6.45) is 1.98. The topological polar surface area (TPSA) is 48.3 Å². The van der Waals surface area contributed by atoms with E-state index in [-0.39, 0.29) is 0 Å². The highest BCUT2D eigenvalue weighted by Gasteiger charge is 2.48. The van der Waals surface area contributed by atoms with Gasteiger partial charge in [0.25, 0.3) is 0 Å². The van der Waals surface area contributed by atoms with E-state index in [9.17, 15) is 0 Å². The van der Waals surface area contributed by atoms with Crippen molar-refractivity contribution in [1.29, 1.82) is 0 Å². The maximum Gasteiger partial charge on any atom is 0.237 e. The van der Waals surface area contributed by atoms with Gasteiger partial charge in [0.2, 0.25) is 11.6 Å². The van der Waals surface area contributed by atoms with Gasteiger partial charge in [-0.1, -0.05) is 18.2 Å². The lowest BCUT2D eigenvalue weighted by molar-refractivity contribution is 0.152. The minimum atomic E-state index is -0.847. The third kappa shape index (κ3) is 2.34. The molecule has 0 unspecified atom stereocenters. The van der Waals surface area contributed by atoms with Gasteiger partial charge >= 0.3 is 0 Å². The van der Waals surface area contributed by atoms with Crippen LogP contribution in [0.5, 0.6) is 11.6 Å².